The minimum Gasteiger partial charge on any atom is -0.872 e. The minimum atomic E-state index is -0.485. The van der Waals surface area contributed by atoms with Crippen molar-refractivity contribution >= 4 is 17.5 Å². The molecular formula is C20H20N2O5. The fourth-order valence-corrected chi connectivity index (χ4v) is 3.05. The SMILES string of the molecule is CC[NH+](CC)Cc1c([O-])ccc2c1O/C(=C\c1ccc([N+](=O)[O-])cc1)C2=O. The lowest BCUT2D eigenvalue weighted by Gasteiger charge is -2.21. The molecule has 140 valence electrons. The van der Waals surface area contributed by atoms with Crippen LogP contribution in [0.1, 0.15) is 35.3 Å². The Hall–Kier alpha value is -3.19. The molecule has 7 heteroatoms. The summed E-state index contributed by atoms with van der Waals surface area (Å²) < 4.78 is 5.77. The van der Waals surface area contributed by atoms with E-state index in [0.717, 1.165) is 13.1 Å². The summed E-state index contributed by atoms with van der Waals surface area (Å²) >= 11 is 0. The van der Waals surface area contributed by atoms with Gasteiger partial charge in [-0.1, -0.05) is 11.8 Å². The summed E-state index contributed by atoms with van der Waals surface area (Å²) in [7, 11) is 0. The molecule has 0 saturated heterocycles. The second-order valence-electron chi connectivity index (χ2n) is 6.34. The number of carbonyl (C=O) groups excluding carboxylic acids is 1. The van der Waals surface area contributed by atoms with Crippen LogP contribution in [0.25, 0.3) is 6.08 Å². The van der Waals surface area contributed by atoms with E-state index >= 15 is 0 Å². The lowest BCUT2D eigenvalue weighted by Crippen LogP contribution is -3.10. The molecule has 1 aliphatic rings. The first kappa shape index (κ1) is 18.6. The van der Waals surface area contributed by atoms with Crippen molar-refractivity contribution in [3.05, 3.63) is 69.0 Å². The Morgan fingerprint density at radius 1 is 1.11 bits per heavy atom. The summed E-state index contributed by atoms with van der Waals surface area (Å²) in [6.45, 7) is 6.29. The van der Waals surface area contributed by atoms with Gasteiger partial charge < -0.3 is 14.7 Å². The molecule has 0 bridgehead atoms. The molecule has 1 heterocycles. The number of nitrogens with zero attached hydrogens (tertiary/aromatic N) is 1. The first-order valence-electron chi connectivity index (χ1n) is 8.79. The summed E-state index contributed by atoms with van der Waals surface area (Å²) in [6, 6.07) is 8.73. The third-order valence-electron chi connectivity index (χ3n) is 4.73. The van der Waals surface area contributed by atoms with E-state index in [-0.39, 0.29) is 23.0 Å². The first-order chi connectivity index (χ1) is 12.9. The van der Waals surface area contributed by atoms with E-state index in [4.69, 9.17) is 4.74 Å². The molecule has 0 aromatic heterocycles. The predicted octanol–water partition coefficient (Wildman–Crippen LogP) is 1.71. The van der Waals surface area contributed by atoms with Crippen LogP contribution in [0.5, 0.6) is 11.5 Å². The molecule has 0 unspecified atom stereocenters. The van der Waals surface area contributed by atoms with Crippen molar-refractivity contribution in [1.82, 2.24) is 0 Å². The molecule has 0 spiro atoms. The maximum Gasteiger partial charge on any atom is 0.269 e. The number of quaternary nitrogens is 1. The van der Waals surface area contributed by atoms with Gasteiger partial charge >= 0.3 is 0 Å². The molecule has 0 atom stereocenters. The smallest absolute Gasteiger partial charge is 0.269 e. The standard InChI is InChI=1S/C20H20N2O5/c1-3-21(4-2)12-16-17(23)10-9-15-19(24)18(27-20(15)16)11-13-5-7-14(8-6-13)22(25)26/h5-11,23H,3-4,12H2,1-2H3/b18-11-. The second kappa shape index (κ2) is 7.59. The Balaban J connectivity index is 1.93. The molecule has 0 aliphatic carbocycles. The monoisotopic (exact) mass is 368 g/mol. The summed E-state index contributed by atoms with van der Waals surface area (Å²) in [5.41, 5.74) is 1.46. The quantitative estimate of drug-likeness (QED) is 0.476. The van der Waals surface area contributed by atoms with Crippen molar-refractivity contribution in [2.45, 2.75) is 20.4 Å². The normalized spacial score (nSPS) is 14.5. The topological polar surface area (TPSA) is 96.9 Å². The zero-order valence-electron chi connectivity index (χ0n) is 15.2. The number of hydrogen-bond donors (Lipinski definition) is 1. The molecule has 0 fully saturated rings. The number of ether oxygens (including phenoxy) is 1. The van der Waals surface area contributed by atoms with Crippen LogP contribution in [-0.2, 0) is 6.54 Å². The molecule has 27 heavy (non-hydrogen) atoms. The summed E-state index contributed by atoms with van der Waals surface area (Å²) in [4.78, 5) is 24.1. The van der Waals surface area contributed by atoms with Crippen molar-refractivity contribution in [2.75, 3.05) is 13.1 Å². The highest BCUT2D eigenvalue weighted by Crippen LogP contribution is 2.38. The number of benzene rings is 2. The number of rotatable bonds is 6. The maximum absolute atomic E-state index is 12.7. The Morgan fingerprint density at radius 2 is 1.78 bits per heavy atom. The Bertz CT molecular complexity index is 915. The number of nitro benzene ring substituents is 1. The van der Waals surface area contributed by atoms with Crippen molar-refractivity contribution in [1.29, 1.82) is 0 Å². The molecule has 1 aliphatic heterocycles. The van der Waals surface area contributed by atoms with Gasteiger partial charge in [-0.05, 0) is 43.7 Å². The van der Waals surface area contributed by atoms with Gasteiger partial charge in [0.1, 0.15) is 12.3 Å². The lowest BCUT2D eigenvalue weighted by molar-refractivity contribution is -0.910. The number of nitrogens with one attached hydrogen (secondary N) is 1. The zero-order valence-corrected chi connectivity index (χ0v) is 15.2. The molecule has 1 N–H and O–H groups in total. The van der Waals surface area contributed by atoms with Gasteiger partial charge in [0.2, 0.25) is 5.78 Å². The molecule has 2 aromatic carbocycles. The number of fused-ring (bicyclic) bond motifs is 1. The molecule has 0 radical (unpaired) electrons. The van der Waals surface area contributed by atoms with E-state index in [0.29, 0.717) is 29.0 Å². The van der Waals surface area contributed by atoms with E-state index in [9.17, 15) is 20.0 Å². The van der Waals surface area contributed by atoms with Crippen LogP contribution in [0.15, 0.2) is 42.2 Å². The number of hydrogen-bond acceptors (Lipinski definition) is 5. The highest BCUT2D eigenvalue weighted by Gasteiger charge is 2.30. The third kappa shape index (κ3) is 3.68. The van der Waals surface area contributed by atoms with Gasteiger partial charge in [-0.3, -0.25) is 14.9 Å². The average Bonchev–Trinajstić information content (AvgIpc) is 2.97. The van der Waals surface area contributed by atoms with Crippen molar-refractivity contribution in [3.8, 4) is 11.5 Å². The number of non-ortho nitro benzene ring substituents is 1. The number of Topliss-reactive ketones (excluding diaryl/α,β-unsaturated/α-hetero) is 1. The van der Waals surface area contributed by atoms with Crippen LogP contribution in [0.3, 0.4) is 0 Å². The number of nitro groups is 1. The zero-order chi connectivity index (χ0) is 19.6. The number of allylic oxidation sites excluding steroid dienone is 1. The molecule has 0 amide bonds. The van der Waals surface area contributed by atoms with Crippen molar-refractivity contribution in [2.24, 2.45) is 0 Å². The Labute approximate surface area is 156 Å². The summed E-state index contributed by atoms with van der Waals surface area (Å²) in [5, 5.41) is 23.1. The first-order valence-corrected chi connectivity index (χ1v) is 8.79. The molecule has 7 nitrogen and oxygen atoms in total. The van der Waals surface area contributed by atoms with Crippen LogP contribution < -0.4 is 14.7 Å². The fraction of sp³-hybridized carbons (Fsp3) is 0.250. The van der Waals surface area contributed by atoms with E-state index < -0.39 is 4.92 Å². The summed E-state index contributed by atoms with van der Waals surface area (Å²) in [6.07, 6.45) is 1.53. The van der Waals surface area contributed by atoms with Crippen molar-refractivity contribution < 1.29 is 24.5 Å². The molecule has 0 saturated carbocycles. The average molecular weight is 368 g/mol. The number of ketones is 1. The van der Waals surface area contributed by atoms with Crippen LogP contribution in [0.4, 0.5) is 5.69 Å². The second-order valence-corrected chi connectivity index (χ2v) is 6.34. The number of carbonyl (C=O) groups is 1. The van der Waals surface area contributed by atoms with Gasteiger partial charge in [0.25, 0.3) is 5.69 Å². The fourth-order valence-electron chi connectivity index (χ4n) is 3.05. The predicted molar refractivity (Wildman–Crippen MR) is 97.7 cm³/mol. The van der Waals surface area contributed by atoms with Gasteiger partial charge in [0.05, 0.1) is 23.6 Å². The van der Waals surface area contributed by atoms with Gasteiger partial charge in [0, 0.05) is 17.7 Å². The molecule has 2 aromatic rings. The molecule has 3 rings (SSSR count). The van der Waals surface area contributed by atoms with E-state index in [1.165, 1.54) is 35.2 Å². The van der Waals surface area contributed by atoms with Gasteiger partial charge in [-0.15, -0.1) is 0 Å². The lowest BCUT2D eigenvalue weighted by atomic mass is 10.0. The molecular weight excluding hydrogens is 348 g/mol. The van der Waals surface area contributed by atoms with Crippen molar-refractivity contribution in [3.63, 3.8) is 0 Å². The Kier molecular flexibility index (Phi) is 5.23. The third-order valence-corrected chi connectivity index (χ3v) is 4.73. The Morgan fingerprint density at radius 3 is 2.37 bits per heavy atom. The van der Waals surface area contributed by atoms with E-state index in [1.807, 2.05) is 13.8 Å². The van der Waals surface area contributed by atoms with Crippen LogP contribution >= 0.6 is 0 Å². The van der Waals surface area contributed by atoms with Gasteiger partial charge in [-0.25, -0.2) is 0 Å². The van der Waals surface area contributed by atoms with Gasteiger partial charge in [-0.2, -0.15) is 0 Å². The van der Waals surface area contributed by atoms with E-state index in [2.05, 4.69) is 0 Å². The minimum absolute atomic E-state index is 0.0282. The largest absolute Gasteiger partial charge is 0.872 e. The summed E-state index contributed by atoms with van der Waals surface area (Å²) in [5.74, 6) is 0.0111. The maximum atomic E-state index is 12.7. The highest BCUT2D eigenvalue weighted by molar-refractivity contribution is 6.14. The highest BCUT2D eigenvalue weighted by atomic mass is 16.6. The van der Waals surface area contributed by atoms with Crippen LogP contribution in [0, 0.1) is 10.1 Å². The van der Waals surface area contributed by atoms with Gasteiger partial charge in [0.15, 0.2) is 5.76 Å². The van der Waals surface area contributed by atoms with E-state index in [1.54, 1.807) is 12.1 Å². The van der Waals surface area contributed by atoms with Crippen LogP contribution in [0.2, 0.25) is 0 Å². The van der Waals surface area contributed by atoms with Crippen LogP contribution in [-0.4, -0.2) is 23.8 Å².